The lowest BCUT2D eigenvalue weighted by molar-refractivity contribution is -0.386. The topological polar surface area (TPSA) is 102 Å². The summed E-state index contributed by atoms with van der Waals surface area (Å²) in [5.41, 5.74) is -0.345. The van der Waals surface area contributed by atoms with Gasteiger partial charge in [-0.05, 0) is 50.9 Å². The van der Waals surface area contributed by atoms with Gasteiger partial charge in [0.2, 0.25) is 10.0 Å². The molecule has 0 aromatic heterocycles. The Hall–Kier alpha value is -1.42. The first-order chi connectivity index (χ1) is 11.4. The summed E-state index contributed by atoms with van der Waals surface area (Å²) in [5, 5.41) is 14.2. The minimum absolute atomic E-state index is 0. The van der Waals surface area contributed by atoms with Gasteiger partial charge in [0, 0.05) is 19.2 Å². The number of nitro benzene ring substituents is 1. The number of rotatable bonds is 7. The van der Waals surface area contributed by atoms with Gasteiger partial charge in [-0.2, -0.15) is 4.31 Å². The van der Waals surface area contributed by atoms with Crippen molar-refractivity contribution in [2.75, 3.05) is 33.8 Å². The van der Waals surface area contributed by atoms with Crippen LogP contribution in [0.2, 0.25) is 0 Å². The number of methoxy groups -OCH3 is 1. The Morgan fingerprint density at radius 2 is 2.00 bits per heavy atom. The maximum absolute atomic E-state index is 12.7. The molecule has 8 nitrogen and oxygen atoms in total. The molecule has 0 spiro atoms. The van der Waals surface area contributed by atoms with Gasteiger partial charge in [0.15, 0.2) is 5.75 Å². The van der Waals surface area contributed by atoms with E-state index in [0.717, 1.165) is 31.9 Å². The molecule has 2 rings (SSSR count). The van der Waals surface area contributed by atoms with Crippen molar-refractivity contribution in [3.05, 3.63) is 28.3 Å². The first-order valence-corrected chi connectivity index (χ1v) is 9.31. The van der Waals surface area contributed by atoms with Crippen molar-refractivity contribution in [1.82, 2.24) is 9.62 Å². The fourth-order valence-corrected chi connectivity index (χ4v) is 4.40. The lowest BCUT2D eigenvalue weighted by Gasteiger charge is -2.31. The SMILES string of the molecule is CNCCC1CCN(S(=O)(=O)c2ccc(OC)c([N+](=O)[O-])c2)CC1.Cl. The molecule has 0 unspecified atom stereocenters. The Morgan fingerprint density at radius 1 is 1.36 bits per heavy atom. The molecule has 0 atom stereocenters. The molecule has 1 fully saturated rings. The maximum atomic E-state index is 12.7. The predicted molar refractivity (Wildman–Crippen MR) is 96.9 cm³/mol. The van der Waals surface area contributed by atoms with E-state index >= 15 is 0 Å². The smallest absolute Gasteiger partial charge is 0.312 e. The number of ether oxygens (including phenoxy) is 1. The maximum Gasteiger partial charge on any atom is 0.312 e. The Balaban J connectivity index is 0.00000312. The molecule has 1 aromatic carbocycles. The fraction of sp³-hybridized carbons (Fsp3) is 0.600. The third kappa shape index (κ3) is 5.04. The number of halogens is 1. The van der Waals surface area contributed by atoms with Crippen LogP contribution in [0.3, 0.4) is 0 Å². The van der Waals surface area contributed by atoms with Crippen LogP contribution >= 0.6 is 12.4 Å². The number of benzene rings is 1. The molecular formula is C15H24ClN3O5S. The van der Waals surface area contributed by atoms with E-state index in [9.17, 15) is 18.5 Å². The fourth-order valence-electron chi connectivity index (χ4n) is 2.91. The molecule has 25 heavy (non-hydrogen) atoms. The highest BCUT2D eigenvalue weighted by molar-refractivity contribution is 7.89. The van der Waals surface area contributed by atoms with Crippen LogP contribution < -0.4 is 10.1 Å². The second-order valence-electron chi connectivity index (χ2n) is 5.83. The van der Waals surface area contributed by atoms with Gasteiger partial charge in [-0.15, -0.1) is 12.4 Å². The quantitative estimate of drug-likeness (QED) is 0.561. The Labute approximate surface area is 154 Å². The standard InChI is InChI=1S/C15H23N3O5S.ClH/c1-16-8-5-12-6-9-17(10-7-12)24(21,22)13-3-4-15(23-2)14(11-13)18(19)20;/h3-4,11-12,16H,5-10H2,1-2H3;1H. The van der Waals surface area contributed by atoms with Crippen LogP contribution in [0.1, 0.15) is 19.3 Å². The number of hydrogen-bond donors (Lipinski definition) is 1. The van der Waals surface area contributed by atoms with E-state index in [1.807, 2.05) is 7.05 Å². The summed E-state index contributed by atoms with van der Waals surface area (Å²) in [7, 11) is -0.518. The van der Waals surface area contributed by atoms with E-state index in [1.165, 1.54) is 23.5 Å². The van der Waals surface area contributed by atoms with Crippen LogP contribution in [0.5, 0.6) is 5.75 Å². The summed E-state index contributed by atoms with van der Waals surface area (Å²) in [4.78, 5) is 10.4. The van der Waals surface area contributed by atoms with Gasteiger partial charge < -0.3 is 10.1 Å². The van der Waals surface area contributed by atoms with Crippen molar-refractivity contribution < 1.29 is 18.1 Å². The second kappa shape index (κ2) is 9.33. The van der Waals surface area contributed by atoms with Gasteiger partial charge in [0.1, 0.15) is 0 Å². The first-order valence-electron chi connectivity index (χ1n) is 7.87. The van der Waals surface area contributed by atoms with Crippen LogP contribution in [-0.2, 0) is 10.0 Å². The molecule has 1 saturated heterocycles. The minimum atomic E-state index is -3.73. The van der Waals surface area contributed by atoms with E-state index < -0.39 is 14.9 Å². The lowest BCUT2D eigenvalue weighted by atomic mass is 9.95. The summed E-state index contributed by atoms with van der Waals surface area (Å²) >= 11 is 0. The van der Waals surface area contributed by atoms with Crippen LogP contribution in [0.15, 0.2) is 23.1 Å². The van der Waals surface area contributed by atoms with Crippen molar-refractivity contribution >= 4 is 28.1 Å². The highest BCUT2D eigenvalue weighted by atomic mass is 35.5. The number of piperidine rings is 1. The molecule has 0 radical (unpaired) electrons. The second-order valence-corrected chi connectivity index (χ2v) is 7.77. The van der Waals surface area contributed by atoms with Crippen LogP contribution in [0.25, 0.3) is 0 Å². The van der Waals surface area contributed by atoms with Crippen molar-refractivity contribution in [3.8, 4) is 5.75 Å². The number of nitro groups is 1. The summed E-state index contributed by atoms with van der Waals surface area (Å²) < 4.78 is 31.8. The van der Waals surface area contributed by atoms with Crippen LogP contribution in [0, 0.1) is 16.0 Å². The average molecular weight is 394 g/mol. The Bertz CT molecular complexity index is 690. The van der Waals surface area contributed by atoms with Gasteiger partial charge in [-0.1, -0.05) is 0 Å². The molecule has 1 aliphatic rings. The molecular weight excluding hydrogens is 370 g/mol. The molecule has 1 aliphatic heterocycles. The molecule has 0 bridgehead atoms. The highest BCUT2D eigenvalue weighted by Gasteiger charge is 2.31. The van der Waals surface area contributed by atoms with Crippen molar-refractivity contribution in [3.63, 3.8) is 0 Å². The van der Waals surface area contributed by atoms with Crippen LogP contribution in [0.4, 0.5) is 5.69 Å². The van der Waals surface area contributed by atoms with E-state index in [2.05, 4.69) is 5.32 Å². The molecule has 142 valence electrons. The zero-order valence-electron chi connectivity index (χ0n) is 14.3. The first kappa shape index (κ1) is 21.6. The zero-order valence-corrected chi connectivity index (χ0v) is 15.9. The summed E-state index contributed by atoms with van der Waals surface area (Å²) in [6.45, 7) is 1.80. The highest BCUT2D eigenvalue weighted by Crippen LogP contribution is 2.32. The molecule has 0 saturated carbocycles. The van der Waals surface area contributed by atoms with Gasteiger partial charge in [0.25, 0.3) is 0 Å². The summed E-state index contributed by atoms with van der Waals surface area (Å²) in [6.07, 6.45) is 2.64. The van der Waals surface area contributed by atoms with Gasteiger partial charge in [0.05, 0.1) is 16.9 Å². The predicted octanol–water partition coefficient (Wildman–Crippen LogP) is 2.04. The average Bonchev–Trinajstić information content (AvgIpc) is 2.59. The van der Waals surface area contributed by atoms with Crippen LogP contribution in [-0.4, -0.2) is 51.4 Å². The third-order valence-electron chi connectivity index (χ3n) is 4.36. The molecule has 0 aliphatic carbocycles. The molecule has 1 heterocycles. The number of sulfonamides is 1. The van der Waals surface area contributed by atoms with Gasteiger partial charge in [-0.3, -0.25) is 10.1 Å². The van der Waals surface area contributed by atoms with E-state index in [-0.39, 0.29) is 28.7 Å². The molecule has 10 heteroatoms. The Morgan fingerprint density at radius 3 is 2.52 bits per heavy atom. The lowest BCUT2D eigenvalue weighted by Crippen LogP contribution is -2.38. The van der Waals surface area contributed by atoms with Gasteiger partial charge >= 0.3 is 5.69 Å². The summed E-state index contributed by atoms with van der Waals surface area (Å²) in [5.74, 6) is 0.554. The van der Waals surface area contributed by atoms with E-state index in [0.29, 0.717) is 19.0 Å². The monoisotopic (exact) mass is 393 g/mol. The minimum Gasteiger partial charge on any atom is -0.490 e. The van der Waals surface area contributed by atoms with Crippen molar-refractivity contribution in [2.24, 2.45) is 5.92 Å². The number of hydrogen-bond acceptors (Lipinski definition) is 6. The van der Waals surface area contributed by atoms with Crippen molar-refractivity contribution in [1.29, 1.82) is 0 Å². The number of nitrogens with zero attached hydrogens (tertiary/aromatic N) is 2. The van der Waals surface area contributed by atoms with Crippen molar-refractivity contribution in [2.45, 2.75) is 24.2 Å². The van der Waals surface area contributed by atoms with E-state index in [4.69, 9.17) is 4.74 Å². The third-order valence-corrected chi connectivity index (χ3v) is 6.26. The zero-order chi connectivity index (χ0) is 17.7. The molecule has 1 aromatic rings. The van der Waals surface area contributed by atoms with Gasteiger partial charge in [-0.25, -0.2) is 8.42 Å². The number of nitrogens with one attached hydrogen (secondary N) is 1. The summed E-state index contributed by atoms with van der Waals surface area (Å²) in [6, 6.07) is 3.75. The molecule has 0 amide bonds. The normalized spacial score (nSPS) is 16.2. The molecule has 1 N–H and O–H groups in total. The Kier molecular flexibility index (Phi) is 8.07. The largest absolute Gasteiger partial charge is 0.490 e. The van der Waals surface area contributed by atoms with E-state index in [1.54, 1.807) is 0 Å².